The Balaban J connectivity index is 1.16. The number of ether oxygens (including phenoxy) is 3. The predicted octanol–water partition coefficient (Wildman–Crippen LogP) is 4.62. The van der Waals surface area contributed by atoms with Crippen molar-refractivity contribution < 1.29 is 37.0 Å². The number of nitrogens with zero attached hydrogens (tertiary/aromatic N) is 4. The zero-order valence-corrected chi connectivity index (χ0v) is 31.5. The van der Waals surface area contributed by atoms with Crippen LogP contribution in [0.5, 0.6) is 5.88 Å². The Morgan fingerprint density at radius 2 is 1.51 bits per heavy atom. The minimum Gasteiger partial charge on any atom is -0.460 e. The number of methoxy groups -OCH3 is 1. The minimum absolute atomic E-state index is 0.0516. The first-order chi connectivity index (χ1) is 25.1. The molecule has 276 valence electrons. The van der Waals surface area contributed by atoms with Gasteiger partial charge in [0.25, 0.3) is 5.91 Å². The second kappa shape index (κ2) is 14.7. The first kappa shape index (κ1) is 37.6. The summed E-state index contributed by atoms with van der Waals surface area (Å²) >= 11 is 1.25. The van der Waals surface area contributed by atoms with Crippen LogP contribution in [0.25, 0.3) is 0 Å². The quantitative estimate of drug-likeness (QED) is 0.119. The number of Topliss-reactive ketones (excluding diaryl/α,β-unsaturated/α-hetero) is 1. The van der Waals surface area contributed by atoms with Gasteiger partial charge in [0.2, 0.25) is 15.3 Å². The maximum absolute atomic E-state index is 13.7. The number of hydrogen-bond donors (Lipinski definition) is 0. The van der Waals surface area contributed by atoms with Gasteiger partial charge in [-0.05, 0) is 35.7 Å². The van der Waals surface area contributed by atoms with E-state index in [1.807, 2.05) is 60.7 Å². The fourth-order valence-electron chi connectivity index (χ4n) is 6.06. The Kier molecular flexibility index (Phi) is 10.5. The van der Waals surface area contributed by atoms with Crippen molar-refractivity contribution in [2.45, 2.75) is 61.6 Å². The van der Waals surface area contributed by atoms with E-state index in [0.29, 0.717) is 10.9 Å². The number of hydrogen-bond acceptors (Lipinski definition) is 12. The molecule has 1 aromatic heterocycles. The summed E-state index contributed by atoms with van der Waals surface area (Å²) in [5, 5.41) is 3.21. The second-order valence-electron chi connectivity index (χ2n) is 13.6. The fraction of sp³-hybridized carbons (Fsp3) is 0.316. The van der Waals surface area contributed by atoms with Gasteiger partial charge < -0.3 is 14.2 Å². The van der Waals surface area contributed by atoms with E-state index < -0.39 is 61.5 Å². The molecule has 2 aliphatic heterocycles. The number of carbonyl (C=O) groups is 3. The lowest BCUT2D eigenvalue weighted by molar-refractivity contribution is -0.161. The summed E-state index contributed by atoms with van der Waals surface area (Å²) in [7, 11) is -1.48. The van der Waals surface area contributed by atoms with E-state index in [1.54, 1.807) is 40.0 Å². The van der Waals surface area contributed by atoms with Gasteiger partial charge in [0.1, 0.15) is 0 Å². The zero-order chi connectivity index (χ0) is 38.2. The van der Waals surface area contributed by atoms with E-state index in [-0.39, 0.29) is 22.7 Å². The van der Waals surface area contributed by atoms with Crippen LogP contribution in [0, 0.1) is 5.41 Å². The van der Waals surface area contributed by atoms with Crippen LogP contribution in [-0.2, 0) is 41.7 Å². The van der Waals surface area contributed by atoms with E-state index in [1.165, 1.54) is 42.6 Å². The van der Waals surface area contributed by atoms with Crippen LogP contribution < -0.4 is 10.3 Å². The number of fused-ring (bicyclic) bond motifs is 1. The van der Waals surface area contributed by atoms with Gasteiger partial charge in [-0.2, -0.15) is 4.98 Å². The van der Waals surface area contributed by atoms with Crippen LogP contribution in [0.3, 0.4) is 0 Å². The lowest BCUT2D eigenvalue weighted by Crippen LogP contribution is -2.72. The number of benzene rings is 3. The molecule has 53 heavy (non-hydrogen) atoms. The van der Waals surface area contributed by atoms with Crippen LogP contribution in [0.4, 0.5) is 0 Å². The number of aryl methyl sites for hydroxylation is 1. The summed E-state index contributed by atoms with van der Waals surface area (Å²) in [6.45, 7) is 6.32. The molecule has 15 heteroatoms. The third-order valence-corrected chi connectivity index (χ3v) is 12.1. The second-order valence-corrected chi connectivity index (χ2v) is 16.7. The smallest absolute Gasteiger partial charge is 0.339 e. The van der Waals surface area contributed by atoms with Crippen molar-refractivity contribution in [2.75, 3.05) is 7.11 Å². The van der Waals surface area contributed by atoms with Crippen LogP contribution in [0.2, 0.25) is 0 Å². The highest BCUT2D eigenvalue weighted by molar-refractivity contribution is 7.98. The summed E-state index contributed by atoms with van der Waals surface area (Å²) in [6.07, 6.45) is -1.91. The molecule has 1 fully saturated rings. The van der Waals surface area contributed by atoms with Gasteiger partial charge in [0, 0.05) is 30.9 Å². The molecule has 0 N–H and O–H groups in total. The van der Waals surface area contributed by atoms with Crippen LogP contribution in [-0.4, -0.2) is 69.8 Å². The molecule has 1 unspecified atom stereocenters. The highest BCUT2D eigenvalue weighted by atomic mass is 32.2. The lowest BCUT2D eigenvalue weighted by atomic mass is 9.85. The molecule has 1 saturated heterocycles. The minimum atomic E-state index is -4.34. The molecule has 13 nitrogen and oxygen atoms in total. The van der Waals surface area contributed by atoms with Crippen molar-refractivity contribution in [2.24, 2.45) is 12.5 Å². The summed E-state index contributed by atoms with van der Waals surface area (Å²) in [5.41, 5.74) is -1.01. The number of allylic oxidation sites excluding steroid dienone is 1. The number of aromatic nitrogens is 3. The number of esters is 1. The Bertz CT molecular complexity index is 2210. The van der Waals surface area contributed by atoms with Crippen LogP contribution in [0.1, 0.15) is 60.8 Å². The summed E-state index contributed by atoms with van der Waals surface area (Å²) in [6, 6.07) is 25.3. The molecule has 0 saturated carbocycles. The maximum Gasteiger partial charge on any atom is 0.339 e. The van der Waals surface area contributed by atoms with E-state index in [4.69, 9.17) is 14.2 Å². The Labute approximate surface area is 310 Å². The SMILES string of the molecule is CO[C@H]1C(=O)N2C(C(=O)C(C)(C)C)=C(C)C(OC(=O)c3ccc(CSc4nc(=O)c(OC(c5ccccc5)c5ccccc5)nn4C)cc3)S(=O)(=O)[C@@H]12. The van der Waals surface area contributed by atoms with Gasteiger partial charge in [0.05, 0.1) is 11.3 Å². The van der Waals surface area contributed by atoms with Crippen molar-refractivity contribution in [3.8, 4) is 5.88 Å². The fourth-order valence-corrected chi connectivity index (χ4v) is 9.08. The molecule has 2 aliphatic rings. The third-order valence-electron chi connectivity index (χ3n) is 8.85. The zero-order valence-electron chi connectivity index (χ0n) is 29.9. The molecule has 4 aromatic rings. The number of rotatable bonds is 11. The molecule has 6 rings (SSSR count). The molecule has 3 atom stereocenters. The number of carbonyl (C=O) groups excluding carboxylic acids is 3. The van der Waals surface area contributed by atoms with Gasteiger partial charge in [-0.15, -0.1) is 5.10 Å². The molecular weight excluding hydrogens is 721 g/mol. The maximum atomic E-state index is 13.7. The van der Waals surface area contributed by atoms with E-state index >= 15 is 0 Å². The number of thioether (sulfide) groups is 1. The monoisotopic (exact) mass is 758 g/mol. The van der Waals surface area contributed by atoms with Crippen molar-refractivity contribution >= 4 is 39.3 Å². The molecule has 0 aliphatic carbocycles. The largest absolute Gasteiger partial charge is 0.460 e. The summed E-state index contributed by atoms with van der Waals surface area (Å²) in [5.74, 6) is -1.84. The summed E-state index contributed by atoms with van der Waals surface area (Å²) in [4.78, 5) is 57.8. The van der Waals surface area contributed by atoms with Crippen molar-refractivity contribution in [1.82, 2.24) is 19.7 Å². The number of amides is 1. The first-order valence-corrected chi connectivity index (χ1v) is 19.2. The highest BCUT2D eigenvalue weighted by Crippen LogP contribution is 2.43. The predicted molar refractivity (Wildman–Crippen MR) is 195 cm³/mol. The Hall–Kier alpha value is -5.12. The molecule has 3 heterocycles. The molecular formula is C38H38N4O9S2. The Morgan fingerprint density at radius 1 is 0.925 bits per heavy atom. The lowest BCUT2D eigenvalue weighted by Gasteiger charge is -2.50. The average molecular weight is 759 g/mol. The van der Waals surface area contributed by atoms with E-state index in [9.17, 15) is 27.6 Å². The van der Waals surface area contributed by atoms with Gasteiger partial charge in [-0.1, -0.05) is 105 Å². The van der Waals surface area contributed by atoms with Gasteiger partial charge in [-0.3, -0.25) is 19.3 Å². The number of ketones is 1. The van der Waals surface area contributed by atoms with Gasteiger partial charge >= 0.3 is 17.4 Å². The van der Waals surface area contributed by atoms with Crippen molar-refractivity contribution in [1.29, 1.82) is 0 Å². The van der Waals surface area contributed by atoms with Crippen LogP contribution in [0.15, 0.2) is 106 Å². The van der Waals surface area contributed by atoms with Crippen LogP contribution >= 0.6 is 11.8 Å². The standard InChI is InChI=1S/C38H38N4O9S2/c1-22-27(30(43)38(2,3)4)42-33(45)29(49-6)34(42)53(47,48)36(22)51-35(46)26-19-17-23(18-20-26)21-52-37-39-31(44)32(40-41(37)5)50-28(24-13-9-7-10-14-24)25-15-11-8-12-16-25/h7-20,28-29,34,36H,21H2,1-6H3/t29-,34-,36?/m0/s1. The molecule has 0 radical (unpaired) electrons. The Morgan fingerprint density at radius 3 is 2.06 bits per heavy atom. The van der Waals surface area contributed by atoms with Gasteiger partial charge in [0.15, 0.2) is 28.5 Å². The molecule has 0 bridgehead atoms. The molecule has 0 spiro atoms. The topological polar surface area (TPSA) is 164 Å². The number of β-lactam (4-membered cyclic amide) rings is 1. The first-order valence-electron chi connectivity index (χ1n) is 16.6. The number of sulfone groups is 1. The normalized spacial score (nSPS) is 19.4. The van der Waals surface area contributed by atoms with Crippen molar-refractivity contribution in [3.05, 3.63) is 129 Å². The van der Waals surface area contributed by atoms with E-state index in [2.05, 4.69) is 10.1 Å². The third kappa shape index (κ3) is 7.28. The average Bonchev–Trinajstić information content (AvgIpc) is 3.13. The highest BCUT2D eigenvalue weighted by Gasteiger charge is 2.64. The summed E-state index contributed by atoms with van der Waals surface area (Å²) < 4.78 is 45.7. The molecule has 1 amide bonds. The van der Waals surface area contributed by atoms with Gasteiger partial charge in [-0.25, -0.2) is 17.9 Å². The van der Waals surface area contributed by atoms with Crippen molar-refractivity contribution in [3.63, 3.8) is 0 Å². The van der Waals surface area contributed by atoms with E-state index in [0.717, 1.165) is 21.6 Å². The molecule has 3 aromatic carbocycles.